The molecule has 0 radical (unpaired) electrons. The first-order chi connectivity index (χ1) is 22.1. The van der Waals surface area contributed by atoms with E-state index in [1.807, 2.05) is 109 Å². The van der Waals surface area contributed by atoms with Gasteiger partial charge in [-0.3, -0.25) is 9.69 Å². The first-order valence-electron chi connectivity index (χ1n) is 15.1. The van der Waals surface area contributed by atoms with Crippen LogP contribution in [0.5, 0.6) is 0 Å². The molecule has 222 valence electrons. The van der Waals surface area contributed by atoms with Gasteiger partial charge in [-0.15, -0.1) is 0 Å². The van der Waals surface area contributed by atoms with Gasteiger partial charge < -0.3 is 5.11 Å². The average molecular weight is 606 g/mol. The van der Waals surface area contributed by atoms with Gasteiger partial charge in [-0.2, -0.15) is 12.6 Å². The normalized spacial score (nSPS) is 12.5. The zero-order valence-corrected chi connectivity index (χ0v) is 25.7. The minimum absolute atomic E-state index is 0.0673. The van der Waals surface area contributed by atoms with E-state index >= 15 is 0 Å². The van der Waals surface area contributed by atoms with E-state index in [9.17, 15) is 9.90 Å². The molecule has 0 fully saturated rings. The number of hydrogen-bond acceptors (Lipinski definition) is 3. The summed E-state index contributed by atoms with van der Waals surface area (Å²) in [5.41, 5.74) is 3.48. The monoisotopic (exact) mass is 605 g/mol. The van der Waals surface area contributed by atoms with Gasteiger partial charge >= 0.3 is 5.97 Å². The predicted octanol–water partition coefficient (Wildman–Crippen LogP) is 8.66. The highest BCUT2D eigenvalue weighted by Crippen LogP contribution is 2.54. The summed E-state index contributed by atoms with van der Waals surface area (Å²) in [5.74, 6) is -0.887. The Morgan fingerprint density at radius 1 is 0.467 bits per heavy atom. The van der Waals surface area contributed by atoms with Crippen molar-refractivity contribution in [3.05, 3.63) is 215 Å². The molecule has 0 spiro atoms. The van der Waals surface area contributed by atoms with E-state index < -0.39 is 23.1 Å². The van der Waals surface area contributed by atoms with Crippen LogP contribution in [-0.2, 0) is 15.9 Å². The molecule has 45 heavy (non-hydrogen) atoms. The fourth-order valence-corrected chi connectivity index (χ4v) is 7.22. The van der Waals surface area contributed by atoms with Gasteiger partial charge in [-0.25, -0.2) is 0 Å². The van der Waals surface area contributed by atoms with Gasteiger partial charge in [-0.05, 0) is 33.4 Å². The zero-order chi connectivity index (χ0) is 31.1. The van der Waals surface area contributed by atoms with E-state index in [0.29, 0.717) is 0 Å². The Kier molecular flexibility index (Phi) is 8.97. The summed E-state index contributed by atoms with van der Waals surface area (Å²) in [6, 6.07) is 60.6. The number of carboxylic acid groups (broad SMARTS) is 1. The van der Waals surface area contributed by atoms with Crippen molar-refractivity contribution in [2.24, 2.45) is 0 Å². The average Bonchev–Trinajstić information content (AvgIpc) is 3.12. The van der Waals surface area contributed by atoms with Crippen LogP contribution in [0.25, 0.3) is 0 Å². The topological polar surface area (TPSA) is 40.5 Å². The third kappa shape index (κ3) is 5.27. The van der Waals surface area contributed by atoms with Crippen LogP contribution < -0.4 is 0 Å². The summed E-state index contributed by atoms with van der Waals surface area (Å²) in [7, 11) is 0. The van der Waals surface area contributed by atoms with Crippen molar-refractivity contribution in [2.45, 2.75) is 17.1 Å². The van der Waals surface area contributed by atoms with Gasteiger partial charge in [0.1, 0.15) is 6.04 Å². The molecular formula is C41H35NO2S. The molecule has 6 rings (SSSR count). The standard InChI is InChI=1S/C41H35NO2S/c43-39(44)38(31-45)42(40(32-19-7-1-8-20-32,33-21-9-2-10-22-33)34-23-11-3-12-24-34)41(35-25-13-4-14-26-35,36-27-15-5-16-28-36)37-29-17-6-18-30-37/h1-30,38,45H,31H2,(H,43,44). The molecule has 0 saturated heterocycles. The molecular weight excluding hydrogens is 571 g/mol. The SMILES string of the molecule is O=C(O)C(CS)N(C(c1ccccc1)(c1ccccc1)c1ccccc1)C(c1ccccc1)(c1ccccc1)c1ccccc1. The van der Waals surface area contributed by atoms with Crippen LogP contribution in [0.3, 0.4) is 0 Å². The van der Waals surface area contributed by atoms with Crippen molar-refractivity contribution in [1.82, 2.24) is 4.90 Å². The Morgan fingerprint density at radius 2 is 0.667 bits per heavy atom. The Morgan fingerprint density at radius 3 is 0.822 bits per heavy atom. The van der Waals surface area contributed by atoms with E-state index in [1.165, 1.54) is 0 Å². The second-order valence-electron chi connectivity index (χ2n) is 11.0. The van der Waals surface area contributed by atoms with Crippen molar-refractivity contribution in [1.29, 1.82) is 0 Å². The third-order valence-corrected chi connectivity index (χ3v) is 8.99. The highest BCUT2D eigenvalue weighted by molar-refractivity contribution is 7.80. The highest BCUT2D eigenvalue weighted by Gasteiger charge is 2.57. The maximum absolute atomic E-state index is 13.8. The Balaban J connectivity index is 1.93. The lowest BCUT2D eigenvalue weighted by molar-refractivity contribution is -0.147. The Labute approximate surface area is 270 Å². The molecule has 6 aromatic rings. The van der Waals surface area contributed by atoms with Crippen LogP contribution in [0.1, 0.15) is 33.4 Å². The van der Waals surface area contributed by atoms with Crippen molar-refractivity contribution in [3.8, 4) is 0 Å². The molecule has 4 heteroatoms. The molecule has 3 nitrogen and oxygen atoms in total. The van der Waals surface area contributed by atoms with Crippen molar-refractivity contribution < 1.29 is 9.90 Å². The van der Waals surface area contributed by atoms with E-state index in [4.69, 9.17) is 12.6 Å². The van der Waals surface area contributed by atoms with Crippen LogP contribution in [0.15, 0.2) is 182 Å². The first-order valence-corrected chi connectivity index (χ1v) is 15.7. The zero-order valence-electron chi connectivity index (χ0n) is 24.9. The summed E-state index contributed by atoms with van der Waals surface area (Å²) >= 11 is 4.81. The molecule has 1 unspecified atom stereocenters. The van der Waals surface area contributed by atoms with Gasteiger partial charge in [0.15, 0.2) is 0 Å². The maximum atomic E-state index is 13.8. The van der Waals surface area contributed by atoms with Crippen LogP contribution >= 0.6 is 12.6 Å². The molecule has 6 aromatic carbocycles. The van der Waals surface area contributed by atoms with Crippen LogP contribution in [0, 0.1) is 0 Å². The summed E-state index contributed by atoms with van der Waals surface area (Å²) < 4.78 is 0. The molecule has 0 aliphatic carbocycles. The van der Waals surface area contributed by atoms with Crippen molar-refractivity contribution >= 4 is 18.6 Å². The van der Waals surface area contributed by atoms with Gasteiger partial charge in [0, 0.05) is 5.75 Å². The molecule has 0 amide bonds. The fourth-order valence-electron chi connectivity index (χ4n) is 6.90. The third-order valence-electron chi connectivity index (χ3n) is 8.64. The van der Waals surface area contributed by atoms with Crippen molar-refractivity contribution in [2.75, 3.05) is 5.75 Å². The van der Waals surface area contributed by atoms with Gasteiger partial charge in [0.05, 0.1) is 11.1 Å². The summed E-state index contributed by atoms with van der Waals surface area (Å²) in [6.45, 7) is 0. The minimum Gasteiger partial charge on any atom is -0.480 e. The second-order valence-corrected chi connectivity index (χ2v) is 11.4. The second kappa shape index (κ2) is 13.4. The largest absolute Gasteiger partial charge is 0.480 e. The quantitative estimate of drug-likeness (QED) is 0.115. The molecule has 0 heterocycles. The number of thiol groups is 1. The number of carbonyl (C=O) groups is 1. The smallest absolute Gasteiger partial charge is 0.321 e. The number of rotatable bonds is 11. The van der Waals surface area contributed by atoms with Gasteiger partial charge in [-0.1, -0.05) is 182 Å². The molecule has 0 aliphatic rings. The van der Waals surface area contributed by atoms with E-state index in [-0.39, 0.29) is 5.75 Å². The molecule has 1 N–H and O–H groups in total. The lowest BCUT2D eigenvalue weighted by Gasteiger charge is -2.57. The lowest BCUT2D eigenvalue weighted by Crippen LogP contribution is -2.65. The van der Waals surface area contributed by atoms with Gasteiger partial charge in [0.2, 0.25) is 0 Å². The van der Waals surface area contributed by atoms with E-state index in [1.54, 1.807) is 0 Å². The number of benzene rings is 6. The Bertz CT molecular complexity index is 1480. The lowest BCUT2D eigenvalue weighted by atomic mass is 9.67. The van der Waals surface area contributed by atoms with Crippen LogP contribution in [-0.4, -0.2) is 27.8 Å². The summed E-state index contributed by atoms with van der Waals surface area (Å²) in [4.78, 5) is 16.0. The Hall–Kier alpha value is -4.90. The van der Waals surface area contributed by atoms with Crippen LogP contribution in [0.4, 0.5) is 0 Å². The number of aliphatic carboxylic acids is 1. The summed E-state index contributed by atoms with van der Waals surface area (Å²) in [6.07, 6.45) is 0. The van der Waals surface area contributed by atoms with Crippen molar-refractivity contribution in [3.63, 3.8) is 0 Å². The number of hydrogen-bond donors (Lipinski definition) is 2. The molecule has 0 saturated carbocycles. The number of nitrogens with zero attached hydrogens (tertiary/aromatic N) is 1. The van der Waals surface area contributed by atoms with E-state index in [2.05, 4.69) is 77.7 Å². The predicted molar refractivity (Wildman–Crippen MR) is 186 cm³/mol. The van der Waals surface area contributed by atoms with Crippen LogP contribution in [0.2, 0.25) is 0 Å². The number of carboxylic acids is 1. The van der Waals surface area contributed by atoms with E-state index in [0.717, 1.165) is 33.4 Å². The van der Waals surface area contributed by atoms with Gasteiger partial charge in [0.25, 0.3) is 0 Å². The first kappa shape index (κ1) is 30.1. The summed E-state index contributed by atoms with van der Waals surface area (Å²) in [5, 5.41) is 11.3. The fraction of sp³-hybridized carbons (Fsp3) is 0.0976. The molecule has 0 aromatic heterocycles. The molecule has 0 bridgehead atoms. The molecule has 0 aliphatic heterocycles. The minimum atomic E-state index is -1.10. The highest BCUT2D eigenvalue weighted by atomic mass is 32.1. The maximum Gasteiger partial charge on any atom is 0.321 e. The molecule has 1 atom stereocenters.